The zero-order valence-corrected chi connectivity index (χ0v) is 16.1. The van der Waals surface area contributed by atoms with Gasteiger partial charge in [0.05, 0.1) is 25.4 Å². The summed E-state index contributed by atoms with van der Waals surface area (Å²) in [5, 5.41) is 32.0. The van der Waals surface area contributed by atoms with Crippen molar-refractivity contribution < 1.29 is 29.9 Å². The van der Waals surface area contributed by atoms with Gasteiger partial charge in [-0.3, -0.25) is 0 Å². The minimum atomic E-state index is -0.560. The van der Waals surface area contributed by atoms with Gasteiger partial charge in [0.15, 0.2) is 0 Å². The molecule has 0 aromatic rings. The van der Waals surface area contributed by atoms with Crippen LogP contribution in [-0.4, -0.2) is 72.3 Å². The first-order valence-corrected chi connectivity index (χ1v) is 8.60. The van der Waals surface area contributed by atoms with Crippen molar-refractivity contribution in [3.05, 3.63) is 0 Å². The van der Waals surface area contributed by atoms with E-state index < -0.39 is 12.2 Å². The maximum absolute atomic E-state index is 8.11. The molecule has 0 saturated heterocycles. The first-order chi connectivity index (χ1) is 10.9. The second-order valence-corrected chi connectivity index (χ2v) is 4.81. The molecule has 0 amide bonds. The molecule has 0 rings (SSSR count). The highest BCUT2D eigenvalue weighted by molar-refractivity contribution is 4.34. The molecule has 0 spiro atoms. The summed E-state index contributed by atoms with van der Waals surface area (Å²) in [4.78, 5) is 0. The van der Waals surface area contributed by atoms with Gasteiger partial charge in [0.2, 0.25) is 0 Å². The monoisotopic (exact) mass is 342 g/mol. The number of rotatable bonds is 9. The van der Waals surface area contributed by atoms with E-state index in [1.54, 1.807) is 0 Å². The second-order valence-electron chi connectivity index (χ2n) is 4.81. The molecule has 0 saturated carbocycles. The Morgan fingerprint density at radius 3 is 1.26 bits per heavy atom. The molecule has 0 heterocycles. The lowest BCUT2D eigenvalue weighted by Crippen LogP contribution is -2.03. The Bertz CT molecular complexity index is 138. The Morgan fingerprint density at radius 1 is 0.696 bits per heavy atom. The fourth-order valence-electron chi connectivity index (χ4n) is 0.697. The normalized spacial score (nSPS) is 11.7. The highest BCUT2D eigenvalue weighted by Crippen LogP contribution is 1.88. The van der Waals surface area contributed by atoms with E-state index in [1.165, 1.54) is 26.7 Å². The van der Waals surface area contributed by atoms with E-state index in [-0.39, 0.29) is 13.2 Å². The van der Waals surface area contributed by atoms with E-state index in [9.17, 15) is 0 Å². The summed E-state index contributed by atoms with van der Waals surface area (Å²) in [5.74, 6) is 0. The molecule has 0 aliphatic carbocycles. The van der Waals surface area contributed by atoms with Crippen molar-refractivity contribution in [2.75, 3.05) is 39.6 Å². The fourth-order valence-corrected chi connectivity index (χ4v) is 0.697. The Balaban J connectivity index is -0.000000108. The molecule has 2 atom stereocenters. The molecule has 0 aromatic heterocycles. The molecule has 0 radical (unpaired) electrons. The van der Waals surface area contributed by atoms with Crippen LogP contribution < -0.4 is 0 Å². The van der Waals surface area contributed by atoms with Crippen molar-refractivity contribution >= 4 is 0 Å². The molecule has 0 fully saturated rings. The van der Waals surface area contributed by atoms with E-state index in [4.69, 9.17) is 29.9 Å². The summed E-state index contributed by atoms with van der Waals surface area (Å²) in [5.41, 5.74) is 0. The highest BCUT2D eigenvalue weighted by atomic mass is 16.5. The van der Waals surface area contributed by atoms with Gasteiger partial charge in [-0.25, -0.2) is 0 Å². The third-order valence-corrected chi connectivity index (χ3v) is 1.93. The molecule has 0 aliphatic heterocycles. The number of aliphatic hydroxyl groups is 4. The number of unbranched alkanes of at least 4 members (excludes halogenated alkanes) is 1. The minimum absolute atomic E-state index is 0.139. The molecule has 2 unspecified atom stereocenters. The standard InChI is InChI=1S/C7H16O.C4H10O.2C3H8O2/c1-3-5-7-8-6-4-2;1-3-5-4-2;2*1-3(5)2-4/h3-7H2,1-2H3;3-4H2,1-2H3;2*3-5H,2H2,1H3. The third kappa shape index (κ3) is 73.4. The van der Waals surface area contributed by atoms with Crippen LogP contribution in [0.15, 0.2) is 0 Å². The van der Waals surface area contributed by atoms with Crippen LogP contribution in [0, 0.1) is 0 Å². The topological polar surface area (TPSA) is 99.4 Å². The summed E-state index contributed by atoms with van der Waals surface area (Å²) in [6, 6.07) is 0. The molecule has 0 aliphatic rings. The van der Waals surface area contributed by atoms with Gasteiger partial charge < -0.3 is 29.9 Å². The van der Waals surface area contributed by atoms with Crippen molar-refractivity contribution in [3.63, 3.8) is 0 Å². The van der Waals surface area contributed by atoms with E-state index in [0.717, 1.165) is 32.8 Å². The first-order valence-electron chi connectivity index (χ1n) is 8.60. The summed E-state index contributed by atoms with van der Waals surface area (Å²) in [6.07, 6.45) is 2.47. The van der Waals surface area contributed by atoms with E-state index in [0.29, 0.717) is 0 Å². The van der Waals surface area contributed by atoms with Gasteiger partial charge in [-0.1, -0.05) is 20.3 Å². The number of hydrogen-bond donors (Lipinski definition) is 4. The van der Waals surface area contributed by atoms with Gasteiger partial charge in [-0.05, 0) is 40.5 Å². The Kier molecular flexibility index (Phi) is 44.4. The Hall–Kier alpha value is -0.240. The average molecular weight is 343 g/mol. The van der Waals surface area contributed by atoms with Crippen LogP contribution >= 0.6 is 0 Å². The second kappa shape index (κ2) is 33.4. The number of ether oxygens (including phenoxy) is 2. The largest absolute Gasteiger partial charge is 0.394 e. The number of hydrogen-bond acceptors (Lipinski definition) is 6. The summed E-state index contributed by atoms with van der Waals surface area (Å²) >= 11 is 0. The molecular weight excluding hydrogens is 300 g/mol. The van der Waals surface area contributed by atoms with Crippen LogP contribution in [0.1, 0.15) is 60.8 Å². The molecule has 6 nitrogen and oxygen atoms in total. The molecular formula is C17H42O6. The van der Waals surface area contributed by atoms with Crippen molar-refractivity contribution in [3.8, 4) is 0 Å². The van der Waals surface area contributed by atoms with Crippen molar-refractivity contribution in [2.24, 2.45) is 0 Å². The SMILES string of the molecule is CC(O)CO.CC(O)CO.CCCCOCCC.CCOCC. The van der Waals surface area contributed by atoms with Crippen LogP contribution in [0.25, 0.3) is 0 Å². The lowest BCUT2D eigenvalue weighted by atomic mass is 10.4. The van der Waals surface area contributed by atoms with Crippen molar-refractivity contribution in [2.45, 2.75) is 73.0 Å². The van der Waals surface area contributed by atoms with Crippen molar-refractivity contribution in [1.82, 2.24) is 0 Å². The zero-order valence-electron chi connectivity index (χ0n) is 16.1. The van der Waals surface area contributed by atoms with Crippen LogP contribution in [0.3, 0.4) is 0 Å². The maximum Gasteiger partial charge on any atom is 0.0742 e. The van der Waals surface area contributed by atoms with Crippen LogP contribution in [0.2, 0.25) is 0 Å². The summed E-state index contributed by atoms with van der Waals surface area (Å²) < 4.78 is 10.1. The first kappa shape index (κ1) is 30.6. The summed E-state index contributed by atoms with van der Waals surface area (Å²) in [6.45, 7) is 14.6. The van der Waals surface area contributed by atoms with E-state index in [1.807, 2.05) is 13.8 Å². The van der Waals surface area contributed by atoms with E-state index >= 15 is 0 Å². The van der Waals surface area contributed by atoms with E-state index in [2.05, 4.69) is 13.8 Å². The lowest BCUT2D eigenvalue weighted by molar-refractivity contribution is 0.110. The van der Waals surface area contributed by atoms with Gasteiger partial charge in [0, 0.05) is 26.4 Å². The van der Waals surface area contributed by atoms with Crippen molar-refractivity contribution in [1.29, 1.82) is 0 Å². The molecule has 4 N–H and O–H groups in total. The van der Waals surface area contributed by atoms with Gasteiger partial charge in [0.25, 0.3) is 0 Å². The molecule has 146 valence electrons. The molecule has 23 heavy (non-hydrogen) atoms. The lowest BCUT2D eigenvalue weighted by Gasteiger charge is -1.97. The van der Waals surface area contributed by atoms with Gasteiger partial charge in [0.1, 0.15) is 0 Å². The van der Waals surface area contributed by atoms with Crippen LogP contribution in [-0.2, 0) is 9.47 Å². The minimum Gasteiger partial charge on any atom is -0.394 e. The Labute approximate surface area is 143 Å². The quantitative estimate of drug-likeness (QED) is 0.478. The van der Waals surface area contributed by atoms with Gasteiger partial charge in [-0.15, -0.1) is 0 Å². The van der Waals surface area contributed by atoms with Gasteiger partial charge in [-0.2, -0.15) is 0 Å². The zero-order chi connectivity index (χ0) is 18.9. The average Bonchev–Trinajstić information content (AvgIpc) is 2.54. The third-order valence-electron chi connectivity index (χ3n) is 1.93. The highest BCUT2D eigenvalue weighted by Gasteiger charge is 1.84. The maximum atomic E-state index is 8.11. The molecule has 0 aromatic carbocycles. The van der Waals surface area contributed by atoms with Gasteiger partial charge >= 0.3 is 0 Å². The predicted octanol–water partition coefficient (Wildman–Crippen LogP) is 1.97. The summed E-state index contributed by atoms with van der Waals surface area (Å²) in [7, 11) is 0. The van der Waals surface area contributed by atoms with Crippen LogP contribution in [0.4, 0.5) is 0 Å². The fraction of sp³-hybridized carbons (Fsp3) is 1.00. The smallest absolute Gasteiger partial charge is 0.0742 e. The molecule has 0 bridgehead atoms. The number of aliphatic hydroxyl groups excluding tert-OH is 4. The predicted molar refractivity (Wildman–Crippen MR) is 95.7 cm³/mol. The Morgan fingerprint density at radius 2 is 1.09 bits per heavy atom. The van der Waals surface area contributed by atoms with Crippen LogP contribution in [0.5, 0.6) is 0 Å². The molecule has 6 heteroatoms.